The van der Waals surface area contributed by atoms with Crippen LogP contribution >= 0.6 is 23.2 Å². The Labute approximate surface area is 208 Å². The topological polar surface area (TPSA) is 95.2 Å². The van der Waals surface area contributed by atoms with E-state index in [1.54, 1.807) is 37.3 Å². The van der Waals surface area contributed by atoms with Crippen LogP contribution in [0.25, 0.3) is 22.0 Å². The molecule has 2 aromatic carbocycles. The van der Waals surface area contributed by atoms with Crippen molar-refractivity contribution in [1.29, 1.82) is 0 Å². The molecule has 2 aromatic heterocycles. The van der Waals surface area contributed by atoms with Gasteiger partial charge in [0.05, 0.1) is 16.8 Å². The molecule has 2 N–H and O–H groups in total. The Morgan fingerprint density at radius 3 is 2.40 bits per heavy atom. The average Bonchev–Trinajstić information content (AvgIpc) is 2.77. The number of pyridine rings is 2. The molecule has 0 unspecified atom stereocenters. The molecule has 0 saturated carbocycles. The molecular weight excluding hydrogens is 526 g/mol. The van der Waals surface area contributed by atoms with Gasteiger partial charge in [-0.05, 0) is 41.8 Å². The highest BCUT2D eigenvalue weighted by molar-refractivity contribution is 7.90. The Balaban J connectivity index is 1.85. The van der Waals surface area contributed by atoms with Crippen molar-refractivity contribution >= 4 is 49.6 Å². The van der Waals surface area contributed by atoms with E-state index in [0.717, 1.165) is 12.3 Å². The van der Waals surface area contributed by atoms with Gasteiger partial charge in [-0.15, -0.1) is 0 Å². The van der Waals surface area contributed by atoms with Crippen LogP contribution in [0.3, 0.4) is 0 Å². The van der Waals surface area contributed by atoms with Crippen molar-refractivity contribution in [3.05, 3.63) is 69.8 Å². The molecule has 0 atom stereocenters. The fourth-order valence-electron chi connectivity index (χ4n) is 3.59. The highest BCUT2D eigenvalue weighted by Gasteiger charge is 2.33. The van der Waals surface area contributed by atoms with Crippen LogP contribution in [0.15, 0.2) is 53.7 Å². The van der Waals surface area contributed by atoms with E-state index < -0.39 is 26.6 Å². The summed E-state index contributed by atoms with van der Waals surface area (Å²) >= 11 is 12.2. The van der Waals surface area contributed by atoms with Gasteiger partial charge in [0.2, 0.25) is 5.88 Å². The predicted molar refractivity (Wildman–Crippen MR) is 129 cm³/mol. The van der Waals surface area contributed by atoms with Crippen LogP contribution in [-0.4, -0.2) is 24.6 Å². The van der Waals surface area contributed by atoms with E-state index in [1.165, 1.54) is 12.3 Å². The van der Waals surface area contributed by atoms with Crippen LogP contribution < -0.4 is 10.5 Å². The average molecular weight is 542 g/mol. The third-order valence-electron chi connectivity index (χ3n) is 5.13. The molecule has 4 aromatic rings. The lowest BCUT2D eigenvalue weighted by atomic mass is 9.95. The van der Waals surface area contributed by atoms with Crippen LogP contribution in [0, 0.1) is 6.92 Å². The number of para-hydroxylation sites is 1. The van der Waals surface area contributed by atoms with Gasteiger partial charge in [-0.25, -0.2) is 8.42 Å². The summed E-state index contributed by atoms with van der Waals surface area (Å²) in [5, 5.41) is -0.697. The molecule has 4 rings (SSSR count). The Hall–Kier alpha value is -3.08. The number of rotatable bonds is 4. The molecule has 0 aliphatic carbocycles. The maximum Gasteiger partial charge on any atom is 0.418 e. The second-order valence-electron chi connectivity index (χ2n) is 7.68. The van der Waals surface area contributed by atoms with Crippen LogP contribution in [0.5, 0.6) is 11.6 Å². The molecular formula is C23H16Cl2F3N3O3S. The third kappa shape index (κ3) is 4.73. The number of nitrogen functional groups attached to an aromatic ring is 1. The summed E-state index contributed by atoms with van der Waals surface area (Å²) in [5.41, 5.74) is 6.30. The maximum atomic E-state index is 13.5. The Morgan fingerprint density at radius 1 is 1.06 bits per heavy atom. The highest BCUT2D eigenvalue weighted by atomic mass is 35.5. The molecule has 12 heteroatoms. The number of hydrogen-bond donors (Lipinski definition) is 1. The van der Waals surface area contributed by atoms with E-state index in [2.05, 4.69) is 9.97 Å². The van der Waals surface area contributed by atoms with Crippen LogP contribution in [0.4, 0.5) is 18.9 Å². The van der Waals surface area contributed by atoms with Crippen LogP contribution in [0.1, 0.15) is 11.1 Å². The van der Waals surface area contributed by atoms with E-state index in [0.29, 0.717) is 22.1 Å². The zero-order chi connectivity index (χ0) is 25.7. The minimum absolute atomic E-state index is 0.181. The lowest BCUT2D eigenvalue weighted by Crippen LogP contribution is -2.07. The number of nitrogens with two attached hydrogens (primary N) is 1. The lowest BCUT2D eigenvalue weighted by Gasteiger charge is -2.15. The molecule has 6 nitrogen and oxygen atoms in total. The van der Waals surface area contributed by atoms with Gasteiger partial charge in [-0.1, -0.05) is 47.5 Å². The van der Waals surface area contributed by atoms with Gasteiger partial charge >= 0.3 is 6.18 Å². The lowest BCUT2D eigenvalue weighted by molar-refractivity contribution is -0.136. The van der Waals surface area contributed by atoms with Crippen molar-refractivity contribution in [3.63, 3.8) is 0 Å². The number of sulfone groups is 1. The molecule has 0 spiro atoms. The second-order valence-corrected chi connectivity index (χ2v) is 10.4. The largest absolute Gasteiger partial charge is 0.437 e. The number of halogens is 5. The number of aromatic nitrogens is 2. The van der Waals surface area contributed by atoms with Crippen molar-refractivity contribution in [2.24, 2.45) is 0 Å². The number of nitrogens with zero attached hydrogens (tertiary/aromatic N) is 2. The predicted octanol–water partition coefficient (Wildman–Crippen LogP) is 6.71. The van der Waals surface area contributed by atoms with E-state index in [1.807, 2.05) is 0 Å². The summed E-state index contributed by atoms with van der Waals surface area (Å²) in [7, 11) is -3.85. The van der Waals surface area contributed by atoms with E-state index in [4.69, 9.17) is 33.7 Å². The summed E-state index contributed by atoms with van der Waals surface area (Å²) in [6.07, 6.45) is -2.29. The van der Waals surface area contributed by atoms with Gasteiger partial charge < -0.3 is 10.5 Å². The van der Waals surface area contributed by atoms with Gasteiger partial charge in [0.25, 0.3) is 0 Å². The molecule has 0 bridgehead atoms. The summed E-state index contributed by atoms with van der Waals surface area (Å²) in [5.74, 6) is -0.101. The first-order chi connectivity index (χ1) is 16.3. The minimum atomic E-state index is -4.57. The standard InChI is InChI=1S/C23H16Cl2F3N3O3S/c1-11-10-30-20-14(7-4-8-15(20)23(26,27)28)16(11)12-5-3-6-13(9-12)34-21-17(24)19(29)18(25)22(31-21)35(2,32)33/h3-10H,1-2H3,(H2,29,31). The molecule has 182 valence electrons. The Kier molecular flexibility index (Phi) is 6.33. The van der Waals surface area contributed by atoms with Crippen molar-refractivity contribution in [2.45, 2.75) is 18.1 Å². The number of alkyl halides is 3. The summed E-state index contributed by atoms with van der Waals surface area (Å²) < 4.78 is 70.4. The smallest absolute Gasteiger partial charge is 0.418 e. The first kappa shape index (κ1) is 25.0. The number of fused-ring (bicyclic) bond motifs is 1. The van der Waals surface area contributed by atoms with Crippen LogP contribution in [0.2, 0.25) is 10.0 Å². The molecule has 0 aliphatic heterocycles. The van der Waals surface area contributed by atoms with Crippen molar-refractivity contribution in [3.8, 4) is 22.8 Å². The van der Waals surface area contributed by atoms with Crippen molar-refractivity contribution < 1.29 is 26.3 Å². The molecule has 2 heterocycles. The molecule has 0 saturated heterocycles. The van der Waals surface area contributed by atoms with E-state index in [9.17, 15) is 21.6 Å². The maximum absolute atomic E-state index is 13.5. The first-order valence-electron chi connectivity index (χ1n) is 9.87. The van der Waals surface area contributed by atoms with E-state index >= 15 is 0 Å². The van der Waals surface area contributed by atoms with Crippen molar-refractivity contribution in [2.75, 3.05) is 12.0 Å². The number of hydrogen-bond acceptors (Lipinski definition) is 6. The molecule has 0 aliphatic rings. The fourth-order valence-corrected chi connectivity index (χ4v) is 5.06. The number of benzene rings is 2. The summed E-state index contributed by atoms with van der Waals surface area (Å²) in [6.45, 7) is 1.73. The van der Waals surface area contributed by atoms with E-state index in [-0.39, 0.29) is 32.9 Å². The molecule has 0 fully saturated rings. The highest BCUT2D eigenvalue weighted by Crippen LogP contribution is 2.41. The van der Waals surface area contributed by atoms with Gasteiger partial charge in [-0.2, -0.15) is 18.2 Å². The minimum Gasteiger partial charge on any atom is -0.437 e. The van der Waals surface area contributed by atoms with Gasteiger partial charge in [0.1, 0.15) is 15.8 Å². The monoisotopic (exact) mass is 541 g/mol. The zero-order valence-corrected chi connectivity index (χ0v) is 20.4. The van der Waals surface area contributed by atoms with Crippen LogP contribution in [-0.2, 0) is 16.0 Å². The molecule has 0 radical (unpaired) electrons. The first-order valence-corrected chi connectivity index (χ1v) is 12.5. The Bertz CT molecular complexity index is 1590. The quantitative estimate of drug-likeness (QED) is 0.308. The van der Waals surface area contributed by atoms with Crippen molar-refractivity contribution in [1.82, 2.24) is 9.97 Å². The fraction of sp³-hybridized carbons (Fsp3) is 0.130. The van der Waals surface area contributed by atoms with Gasteiger partial charge in [0, 0.05) is 17.8 Å². The normalized spacial score (nSPS) is 12.2. The third-order valence-corrected chi connectivity index (χ3v) is 6.99. The molecule has 35 heavy (non-hydrogen) atoms. The van der Waals surface area contributed by atoms with Gasteiger partial charge in [0.15, 0.2) is 14.9 Å². The SMILES string of the molecule is Cc1cnc2c(C(F)(F)F)cccc2c1-c1cccc(Oc2nc(S(C)(=O)=O)c(Cl)c(N)c2Cl)c1. The summed E-state index contributed by atoms with van der Waals surface area (Å²) in [6, 6.07) is 10.3. The number of aryl methyl sites for hydroxylation is 1. The zero-order valence-electron chi connectivity index (χ0n) is 18.1. The van der Waals surface area contributed by atoms with Gasteiger partial charge in [-0.3, -0.25) is 4.98 Å². The Morgan fingerprint density at radius 2 is 1.74 bits per heavy atom. The number of ether oxygens (including phenoxy) is 1. The number of anilines is 1. The molecule has 0 amide bonds. The second kappa shape index (κ2) is 8.85. The summed E-state index contributed by atoms with van der Waals surface area (Å²) in [4.78, 5) is 7.94.